The average Bonchev–Trinajstić information content (AvgIpc) is 3.16. The minimum absolute atomic E-state index is 0.166. The molecule has 180 valence electrons. The van der Waals surface area contributed by atoms with Crippen molar-refractivity contribution >= 4 is 51.4 Å². The molecule has 1 heterocycles. The van der Waals surface area contributed by atoms with Crippen molar-refractivity contribution in [1.29, 1.82) is 0 Å². The fraction of sp³-hybridized carbons (Fsp3) is 0.500. The van der Waals surface area contributed by atoms with Crippen molar-refractivity contribution in [1.82, 2.24) is 5.32 Å². The molecule has 0 spiro atoms. The predicted octanol–water partition coefficient (Wildman–Crippen LogP) is 6.13. The van der Waals surface area contributed by atoms with Crippen LogP contribution in [0.15, 0.2) is 12.1 Å². The van der Waals surface area contributed by atoms with Crippen LogP contribution < -0.4 is 15.4 Å². The van der Waals surface area contributed by atoms with Gasteiger partial charge in [-0.15, -0.1) is 11.3 Å². The SMILES string of the molecule is CCCOc1c(Cl)cc(C(=O)Nc2sc3c(c2C(=O)NCCCOCC)CCCC3)cc1Cl. The van der Waals surface area contributed by atoms with E-state index in [2.05, 4.69) is 10.6 Å². The normalized spacial score (nSPS) is 12.8. The molecule has 0 aliphatic heterocycles. The largest absolute Gasteiger partial charge is 0.490 e. The van der Waals surface area contributed by atoms with Gasteiger partial charge in [-0.1, -0.05) is 30.1 Å². The van der Waals surface area contributed by atoms with Crippen molar-refractivity contribution in [2.45, 2.75) is 52.4 Å². The maximum Gasteiger partial charge on any atom is 0.256 e. The molecule has 2 N–H and O–H groups in total. The summed E-state index contributed by atoms with van der Waals surface area (Å²) in [4.78, 5) is 27.3. The Morgan fingerprint density at radius 3 is 2.48 bits per heavy atom. The number of thiophene rings is 1. The molecule has 1 aromatic heterocycles. The van der Waals surface area contributed by atoms with Crippen LogP contribution in [0.2, 0.25) is 10.0 Å². The van der Waals surface area contributed by atoms with Gasteiger partial charge < -0.3 is 20.1 Å². The Balaban J connectivity index is 1.79. The zero-order valence-corrected chi connectivity index (χ0v) is 21.4. The number of halogens is 2. The van der Waals surface area contributed by atoms with Gasteiger partial charge in [0.15, 0.2) is 5.75 Å². The average molecular weight is 513 g/mol. The minimum atomic E-state index is -0.371. The highest BCUT2D eigenvalue weighted by Crippen LogP contribution is 2.39. The lowest BCUT2D eigenvalue weighted by Crippen LogP contribution is -2.27. The number of carbonyl (C=O) groups is 2. The van der Waals surface area contributed by atoms with Gasteiger partial charge >= 0.3 is 0 Å². The quantitative estimate of drug-likeness (QED) is 0.355. The van der Waals surface area contributed by atoms with E-state index in [0.29, 0.717) is 48.2 Å². The van der Waals surface area contributed by atoms with Gasteiger partial charge in [0.1, 0.15) is 5.00 Å². The first-order chi connectivity index (χ1) is 16.0. The molecule has 0 saturated carbocycles. The molecule has 2 amide bonds. The highest BCUT2D eigenvalue weighted by Gasteiger charge is 2.27. The molecule has 1 aliphatic rings. The van der Waals surface area contributed by atoms with Gasteiger partial charge in [-0.2, -0.15) is 0 Å². The van der Waals surface area contributed by atoms with Gasteiger partial charge in [0.05, 0.1) is 22.2 Å². The van der Waals surface area contributed by atoms with Gasteiger partial charge in [0.2, 0.25) is 0 Å². The summed E-state index contributed by atoms with van der Waals surface area (Å²) in [5.41, 5.74) is 1.92. The second-order valence-corrected chi connectivity index (χ2v) is 9.71. The Labute approximate surface area is 208 Å². The molecule has 3 rings (SSSR count). The Morgan fingerprint density at radius 1 is 1.06 bits per heavy atom. The van der Waals surface area contributed by atoms with Crippen LogP contribution in [-0.2, 0) is 17.6 Å². The highest BCUT2D eigenvalue weighted by molar-refractivity contribution is 7.17. The van der Waals surface area contributed by atoms with Crippen LogP contribution in [-0.4, -0.2) is 38.2 Å². The summed E-state index contributed by atoms with van der Waals surface area (Å²) < 4.78 is 10.9. The fourth-order valence-electron chi connectivity index (χ4n) is 3.71. The lowest BCUT2D eigenvalue weighted by Gasteiger charge is -2.14. The molecular weight excluding hydrogens is 483 g/mol. The van der Waals surface area contributed by atoms with E-state index >= 15 is 0 Å². The number of ether oxygens (including phenoxy) is 2. The van der Waals surface area contributed by atoms with E-state index in [1.807, 2.05) is 13.8 Å². The third-order valence-corrected chi connectivity index (χ3v) is 7.06. The molecule has 0 saturated heterocycles. The summed E-state index contributed by atoms with van der Waals surface area (Å²) in [6.07, 6.45) is 5.42. The molecule has 0 unspecified atom stereocenters. The van der Waals surface area contributed by atoms with Crippen molar-refractivity contribution in [3.05, 3.63) is 43.7 Å². The summed E-state index contributed by atoms with van der Waals surface area (Å²) in [5, 5.41) is 7.02. The number of amides is 2. The van der Waals surface area contributed by atoms with E-state index in [1.54, 1.807) is 0 Å². The van der Waals surface area contributed by atoms with E-state index in [1.165, 1.54) is 23.5 Å². The number of aryl methyl sites for hydroxylation is 1. The summed E-state index contributed by atoms with van der Waals surface area (Å²) in [7, 11) is 0. The zero-order valence-electron chi connectivity index (χ0n) is 19.0. The van der Waals surface area contributed by atoms with E-state index in [9.17, 15) is 9.59 Å². The maximum absolute atomic E-state index is 13.1. The van der Waals surface area contributed by atoms with E-state index in [-0.39, 0.29) is 21.9 Å². The number of hydrogen-bond acceptors (Lipinski definition) is 5. The van der Waals surface area contributed by atoms with Crippen molar-refractivity contribution in [2.75, 3.05) is 31.7 Å². The molecule has 0 atom stereocenters. The van der Waals surface area contributed by atoms with Crippen LogP contribution in [0, 0.1) is 0 Å². The van der Waals surface area contributed by atoms with Crippen LogP contribution in [0.25, 0.3) is 0 Å². The number of nitrogens with one attached hydrogen (secondary N) is 2. The first-order valence-corrected chi connectivity index (χ1v) is 13.0. The van der Waals surface area contributed by atoms with E-state index < -0.39 is 0 Å². The number of hydrogen-bond donors (Lipinski definition) is 2. The smallest absolute Gasteiger partial charge is 0.256 e. The number of benzene rings is 1. The van der Waals surface area contributed by atoms with E-state index in [4.69, 9.17) is 32.7 Å². The van der Waals surface area contributed by atoms with Gasteiger partial charge in [0, 0.05) is 30.2 Å². The fourth-order valence-corrected chi connectivity index (χ4v) is 5.59. The van der Waals surface area contributed by atoms with Crippen molar-refractivity contribution in [3.63, 3.8) is 0 Å². The number of fused-ring (bicyclic) bond motifs is 1. The van der Waals surface area contributed by atoms with Crippen LogP contribution >= 0.6 is 34.5 Å². The standard InChI is InChI=1S/C24H30Cl2N2O4S/c1-3-11-32-21-17(25)13-15(14-18(21)26)22(29)28-24-20(16-8-5-6-9-19(16)33-24)23(30)27-10-7-12-31-4-2/h13-14H,3-12H2,1-2H3,(H,27,30)(H,28,29). The molecule has 9 heteroatoms. The predicted molar refractivity (Wildman–Crippen MR) is 135 cm³/mol. The molecule has 1 aliphatic carbocycles. The first kappa shape index (κ1) is 25.8. The topological polar surface area (TPSA) is 76.7 Å². The summed E-state index contributed by atoms with van der Waals surface area (Å²) in [6.45, 7) is 6.17. The van der Waals surface area contributed by atoms with Crippen molar-refractivity contribution in [3.8, 4) is 5.75 Å². The monoisotopic (exact) mass is 512 g/mol. The first-order valence-electron chi connectivity index (χ1n) is 11.4. The number of anilines is 1. The third kappa shape index (κ3) is 6.63. The molecule has 0 bridgehead atoms. The van der Waals surface area contributed by atoms with Gasteiger partial charge in [0.25, 0.3) is 11.8 Å². The molecular formula is C24H30Cl2N2O4S. The lowest BCUT2D eigenvalue weighted by atomic mass is 9.95. The van der Waals surface area contributed by atoms with Gasteiger partial charge in [-0.05, 0) is 63.1 Å². The second kappa shape index (κ2) is 12.6. The van der Waals surface area contributed by atoms with Crippen LogP contribution in [0.3, 0.4) is 0 Å². The Morgan fingerprint density at radius 2 is 1.79 bits per heavy atom. The molecule has 1 aromatic carbocycles. The van der Waals surface area contributed by atoms with Gasteiger partial charge in [-0.25, -0.2) is 0 Å². The Bertz CT molecular complexity index is 970. The maximum atomic E-state index is 13.1. The minimum Gasteiger partial charge on any atom is -0.490 e. The lowest BCUT2D eigenvalue weighted by molar-refractivity contribution is 0.0944. The number of rotatable bonds is 11. The molecule has 6 nitrogen and oxygen atoms in total. The summed E-state index contributed by atoms with van der Waals surface area (Å²) >= 11 is 14.1. The number of carbonyl (C=O) groups excluding carboxylic acids is 2. The van der Waals surface area contributed by atoms with Crippen LogP contribution in [0.5, 0.6) is 5.75 Å². The highest BCUT2D eigenvalue weighted by atomic mass is 35.5. The van der Waals surface area contributed by atoms with Crippen molar-refractivity contribution in [2.24, 2.45) is 0 Å². The summed E-state index contributed by atoms with van der Waals surface area (Å²) in [5.74, 6) is -0.166. The Hall–Kier alpha value is -1.80. The molecule has 0 fully saturated rings. The second-order valence-electron chi connectivity index (χ2n) is 7.79. The third-order valence-electron chi connectivity index (χ3n) is 5.29. The summed E-state index contributed by atoms with van der Waals surface area (Å²) in [6, 6.07) is 3.07. The molecule has 33 heavy (non-hydrogen) atoms. The Kier molecular flexibility index (Phi) is 9.86. The van der Waals surface area contributed by atoms with Crippen LogP contribution in [0.1, 0.15) is 70.7 Å². The van der Waals surface area contributed by atoms with Crippen molar-refractivity contribution < 1.29 is 19.1 Å². The van der Waals surface area contributed by atoms with Gasteiger partial charge in [-0.3, -0.25) is 9.59 Å². The zero-order chi connectivity index (χ0) is 23.8. The molecule has 2 aromatic rings. The van der Waals surface area contributed by atoms with E-state index in [0.717, 1.165) is 49.0 Å². The van der Waals surface area contributed by atoms with Crippen LogP contribution in [0.4, 0.5) is 5.00 Å². The molecule has 0 radical (unpaired) electrons.